The van der Waals surface area contributed by atoms with Crippen molar-refractivity contribution in [2.45, 2.75) is 6.17 Å². The Morgan fingerprint density at radius 3 is 2.12 bits per heavy atom. The molecule has 1 unspecified atom stereocenters. The van der Waals surface area contributed by atoms with Gasteiger partial charge >= 0.3 is 0 Å². The molecule has 0 saturated heterocycles. The van der Waals surface area contributed by atoms with E-state index in [9.17, 15) is 0 Å². The zero-order chi connectivity index (χ0) is 31.3. The molecule has 6 aromatic carbocycles. The fourth-order valence-electron chi connectivity index (χ4n) is 7.72. The van der Waals surface area contributed by atoms with Crippen molar-refractivity contribution in [3.63, 3.8) is 0 Å². The first-order chi connectivity index (χ1) is 23.8. The molecule has 9 aromatic rings. The molecule has 48 heavy (non-hydrogen) atoms. The topological polar surface area (TPSA) is 75.9 Å². The summed E-state index contributed by atoms with van der Waals surface area (Å²) in [4.78, 5) is 15.0. The third-order valence-electron chi connectivity index (χ3n) is 9.77. The molecule has 0 amide bonds. The highest BCUT2D eigenvalue weighted by Gasteiger charge is 2.28. The standard InChI is InChI=1S/C42H24N4O2/c1-2-10-26-25(9-1)27-12-5-8-23-20-24(21-32(26)37(23)27)40-44-41(30-13-6-16-34-38(30)28-11-3-4-15-33(28)47-34)46-42(45-40)31-14-7-17-35-39(31)29-18-19-43-22-36(29)48-35/h1-22,41H,(H,44,45,46). The molecular formula is C42H24N4O2. The lowest BCUT2D eigenvalue weighted by Gasteiger charge is -2.23. The van der Waals surface area contributed by atoms with Crippen LogP contribution in [0.25, 0.3) is 76.9 Å². The van der Waals surface area contributed by atoms with Crippen molar-refractivity contribution in [3.8, 4) is 22.3 Å². The summed E-state index contributed by atoms with van der Waals surface area (Å²) < 4.78 is 12.5. The quantitative estimate of drug-likeness (QED) is 0.214. The van der Waals surface area contributed by atoms with Crippen LogP contribution in [0.3, 0.4) is 0 Å². The summed E-state index contributed by atoms with van der Waals surface area (Å²) in [6.07, 6.45) is 3.04. The van der Waals surface area contributed by atoms with E-state index >= 15 is 0 Å². The van der Waals surface area contributed by atoms with Gasteiger partial charge < -0.3 is 14.2 Å². The fraction of sp³-hybridized carbons (Fsp3) is 0.0238. The second kappa shape index (κ2) is 9.50. The van der Waals surface area contributed by atoms with E-state index in [4.69, 9.17) is 18.8 Å². The molecule has 2 aliphatic rings. The highest BCUT2D eigenvalue weighted by atomic mass is 16.3. The van der Waals surface area contributed by atoms with Gasteiger partial charge in [0.2, 0.25) is 0 Å². The van der Waals surface area contributed by atoms with Crippen molar-refractivity contribution in [2.75, 3.05) is 0 Å². The number of hydrogen-bond donors (Lipinski definition) is 1. The average Bonchev–Trinajstić information content (AvgIpc) is 3.82. The molecule has 0 fully saturated rings. The number of aromatic nitrogens is 1. The minimum absolute atomic E-state index is 0.529. The van der Waals surface area contributed by atoms with Crippen LogP contribution < -0.4 is 5.32 Å². The first-order valence-corrected chi connectivity index (χ1v) is 16.0. The Balaban J connectivity index is 1.17. The lowest BCUT2D eigenvalue weighted by atomic mass is 9.98. The van der Waals surface area contributed by atoms with Gasteiger partial charge in [-0.1, -0.05) is 84.9 Å². The minimum Gasteiger partial charge on any atom is -0.456 e. The highest BCUT2D eigenvalue weighted by molar-refractivity contribution is 6.25. The maximum atomic E-state index is 6.29. The third-order valence-corrected chi connectivity index (χ3v) is 9.77. The monoisotopic (exact) mass is 616 g/mol. The van der Waals surface area contributed by atoms with Crippen LogP contribution in [0.15, 0.2) is 153 Å². The van der Waals surface area contributed by atoms with Crippen LogP contribution in [0, 0.1) is 0 Å². The van der Waals surface area contributed by atoms with Gasteiger partial charge in [0.25, 0.3) is 0 Å². The number of amidine groups is 2. The molecule has 1 atom stereocenters. The molecule has 1 N–H and O–H groups in total. The molecule has 4 heterocycles. The molecule has 0 spiro atoms. The molecule has 1 aliphatic carbocycles. The van der Waals surface area contributed by atoms with Gasteiger partial charge in [-0.25, -0.2) is 9.98 Å². The highest BCUT2D eigenvalue weighted by Crippen LogP contribution is 2.48. The summed E-state index contributed by atoms with van der Waals surface area (Å²) in [5.74, 6) is 1.49. The lowest BCUT2D eigenvalue weighted by Crippen LogP contribution is -2.36. The lowest BCUT2D eigenvalue weighted by molar-refractivity contribution is 0.667. The maximum Gasteiger partial charge on any atom is 0.170 e. The van der Waals surface area contributed by atoms with E-state index in [0.717, 1.165) is 72.2 Å². The molecule has 3 aromatic heterocycles. The van der Waals surface area contributed by atoms with Gasteiger partial charge in [0, 0.05) is 44.4 Å². The van der Waals surface area contributed by atoms with E-state index in [-0.39, 0.29) is 0 Å². The van der Waals surface area contributed by atoms with Gasteiger partial charge in [-0.2, -0.15) is 0 Å². The van der Waals surface area contributed by atoms with E-state index in [1.54, 1.807) is 12.4 Å². The molecule has 224 valence electrons. The van der Waals surface area contributed by atoms with Gasteiger partial charge in [0.1, 0.15) is 28.4 Å². The number of rotatable bonds is 3. The summed E-state index contributed by atoms with van der Waals surface area (Å²) >= 11 is 0. The Kier molecular flexibility index (Phi) is 5.07. The van der Waals surface area contributed by atoms with E-state index < -0.39 is 6.17 Å². The number of para-hydroxylation sites is 1. The second-order valence-corrected chi connectivity index (χ2v) is 12.4. The van der Waals surface area contributed by atoms with Crippen LogP contribution in [-0.4, -0.2) is 16.7 Å². The molecule has 6 nitrogen and oxygen atoms in total. The number of nitrogens with one attached hydrogen (secondary N) is 1. The summed E-state index contributed by atoms with van der Waals surface area (Å²) in [7, 11) is 0. The SMILES string of the molecule is c1ccc2c(c1)-c1cccc3cc(C4=NC(c5cccc6oc7ccccc7c56)N=C(c5cccc6oc7cnccc7c56)N4)cc-2c13. The molecule has 0 radical (unpaired) electrons. The third kappa shape index (κ3) is 3.54. The van der Waals surface area contributed by atoms with E-state index in [1.807, 2.05) is 48.5 Å². The molecule has 6 heteroatoms. The Bertz CT molecular complexity index is 2890. The van der Waals surface area contributed by atoms with Crippen LogP contribution in [0.5, 0.6) is 0 Å². The number of nitrogens with zero attached hydrogens (tertiary/aromatic N) is 3. The fourth-order valence-corrected chi connectivity index (χ4v) is 7.72. The molecule has 1 aliphatic heterocycles. The van der Waals surface area contributed by atoms with Crippen LogP contribution in [0.4, 0.5) is 0 Å². The summed E-state index contributed by atoms with van der Waals surface area (Å²) in [5.41, 5.74) is 11.1. The van der Waals surface area contributed by atoms with Crippen LogP contribution in [0.1, 0.15) is 22.9 Å². The first-order valence-electron chi connectivity index (χ1n) is 16.0. The van der Waals surface area contributed by atoms with Crippen molar-refractivity contribution < 1.29 is 8.83 Å². The molecular weight excluding hydrogens is 592 g/mol. The summed E-state index contributed by atoms with van der Waals surface area (Å²) in [6.45, 7) is 0. The van der Waals surface area contributed by atoms with E-state index in [1.165, 1.54) is 33.0 Å². The van der Waals surface area contributed by atoms with Gasteiger partial charge in [-0.3, -0.25) is 4.98 Å². The van der Waals surface area contributed by atoms with Crippen molar-refractivity contribution >= 4 is 66.3 Å². The van der Waals surface area contributed by atoms with Crippen molar-refractivity contribution in [1.82, 2.24) is 10.3 Å². The number of furan rings is 2. The number of benzene rings is 6. The van der Waals surface area contributed by atoms with Crippen LogP contribution in [0.2, 0.25) is 0 Å². The van der Waals surface area contributed by atoms with Crippen LogP contribution in [-0.2, 0) is 0 Å². The van der Waals surface area contributed by atoms with Crippen molar-refractivity contribution in [1.29, 1.82) is 0 Å². The predicted molar refractivity (Wildman–Crippen MR) is 193 cm³/mol. The van der Waals surface area contributed by atoms with Crippen LogP contribution >= 0.6 is 0 Å². The van der Waals surface area contributed by atoms with Gasteiger partial charge in [0.05, 0.1) is 6.20 Å². The van der Waals surface area contributed by atoms with Gasteiger partial charge in [-0.05, 0) is 69.4 Å². The van der Waals surface area contributed by atoms with Crippen molar-refractivity contribution in [2.24, 2.45) is 9.98 Å². The number of hydrogen-bond acceptors (Lipinski definition) is 6. The summed E-state index contributed by atoms with van der Waals surface area (Å²) in [5, 5.41) is 10.2. The Labute approximate surface area is 273 Å². The minimum atomic E-state index is -0.529. The number of aliphatic imine (C=N–C) groups is 2. The Hall–Kier alpha value is -6.53. The van der Waals surface area contributed by atoms with Crippen molar-refractivity contribution in [3.05, 3.63) is 150 Å². The summed E-state index contributed by atoms with van der Waals surface area (Å²) in [6, 6.07) is 42.1. The van der Waals surface area contributed by atoms with Gasteiger partial charge in [0.15, 0.2) is 11.7 Å². The number of fused-ring (bicyclic) bond motifs is 9. The predicted octanol–water partition coefficient (Wildman–Crippen LogP) is 10.2. The number of pyridine rings is 1. The van der Waals surface area contributed by atoms with Gasteiger partial charge in [-0.15, -0.1) is 0 Å². The molecule has 0 saturated carbocycles. The smallest absolute Gasteiger partial charge is 0.170 e. The largest absolute Gasteiger partial charge is 0.456 e. The second-order valence-electron chi connectivity index (χ2n) is 12.4. The zero-order valence-electron chi connectivity index (χ0n) is 25.4. The Morgan fingerprint density at radius 2 is 1.19 bits per heavy atom. The first kappa shape index (κ1) is 25.6. The van der Waals surface area contributed by atoms with E-state index in [2.05, 4.69) is 83.1 Å². The zero-order valence-corrected chi connectivity index (χ0v) is 25.4. The molecule has 11 rings (SSSR count). The Morgan fingerprint density at radius 1 is 0.500 bits per heavy atom. The van der Waals surface area contributed by atoms with E-state index in [0.29, 0.717) is 0 Å². The normalized spacial score (nSPS) is 15.3. The molecule has 0 bridgehead atoms. The maximum absolute atomic E-state index is 6.29. The average molecular weight is 617 g/mol.